The normalized spacial score (nSPS) is 22.9. The fraction of sp³-hybridized carbons (Fsp3) is 0.490. The lowest BCUT2D eigenvalue weighted by molar-refractivity contribution is -0.335. The van der Waals surface area contributed by atoms with Crippen LogP contribution in [0.1, 0.15) is 70.2 Å². The van der Waals surface area contributed by atoms with Crippen LogP contribution in [0.5, 0.6) is 0 Å². The van der Waals surface area contributed by atoms with Gasteiger partial charge < -0.3 is 48.8 Å². The number of nitrogens with one attached hydrogen (secondary N) is 4. The topological polar surface area (TPSA) is 185 Å². The van der Waals surface area contributed by atoms with Gasteiger partial charge in [-0.15, -0.1) is 0 Å². The van der Waals surface area contributed by atoms with E-state index in [1.807, 2.05) is 23.6 Å². The lowest BCUT2D eigenvalue weighted by atomic mass is 9.90. The number of ether oxygens (including phenoxy) is 5. The van der Waals surface area contributed by atoms with Gasteiger partial charge in [-0.1, -0.05) is 57.2 Å². The number of aromatic nitrogens is 4. The zero-order valence-corrected chi connectivity index (χ0v) is 37.6. The maximum absolute atomic E-state index is 14.5. The molecule has 342 valence electrons. The summed E-state index contributed by atoms with van der Waals surface area (Å²) in [6.07, 6.45) is 1.65. The molecule has 4 fully saturated rings. The third kappa shape index (κ3) is 8.31. The summed E-state index contributed by atoms with van der Waals surface area (Å²) < 4.78 is 26.9. The number of methoxy groups -OCH3 is 2. The van der Waals surface area contributed by atoms with Crippen molar-refractivity contribution in [3.63, 3.8) is 0 Å². The SMILES string of the molecule is COC[C@H]1C[C@@H](c2nc3c(ccc4cc(-c5ccc6c(ccc7[nH]c([C@@H]8C[C@H](C)CN8C(=O)[C@@H](NC8OCO8)C(C)C)nc76)c5)ccc43)[nH]2)N(C(=O)[C@@H](NC(=O)OC)C2CCOCC2)C1. The molecule has 4 aliphatic heterocycles. The van der Waals surface area contributed by atoms with E-state index in [-0.39, 0.29) is 48.4 Å². The summed E-state index contributed by atoms with van der Waals surface area (Å²) in [5, 5.41) is 10.3. The van der Waals surface area contributed by atoms with Crippen LogP contribution in [0.2, 0.25) is 0 Å². The molecular weight excluding hydrogens is 829 g/mol. The van der Waals surface area contributed by atoms with Gasteiger partial charge in [0, 0.05) is 50.1 Å². The summed E-state index contributed by atoms with van der Waals surface area (Å²) >= 11 is 0. The Kier molecular flexibility index (Phi) is 12.0. The molecule has 0 aliphatic carbocycles. The predicted octanol–water partition coefficient (Wildman–Crippen LogP) is 6.91. The van der Waals surface area contributed by atoms with Crippen molar-refractivity contribution < 1.29 is 38.1 Å². The fourth-order valence-corrected chi connectivity index (χ4v) is 10.5. The quantitative estimate of drug-likeness (QED) is 0.100. The number of hydrogen-bond donors (Lipinski definition) is 4. The van der Waals surface area contributed by atoms with E-state index in [0.717, 1.165) is 67.0 Å². The minimum absolute atomic E-state index is 0.0291. The number of benzene rings is 4. The van der Waals surface area contributed by atoms with Crippen molar-refractivity contribution in [1.29, 1.82) is 0 Å². The number of likely N-dealkylation sites (tertiary alicyclic amines) is 2. The molecule has 3 amide bonds. The van der Waals surface area contributed by atoms with Gasteiger partial charge in [0.2, 0.25) is 18.2 Å². The first kappa shape index (κ1) is 43.3. The molecule has 6 atom stereocenters. The molecule has 4 aliphatic rings. The van der Waals surface area contributed by atoms with E-state index in [4.69, 9.17) is 33.7 Å². The van der Waals surface area contributed by atoms with E-state index < -0.39 is 24.6 Å². The number of imidazole rings is 2. The molecule has 65 heavy (non-hydrogen) atoms. The van der Waals surface area contributed by atoms with Crippen LogP contribution in [0.25, 0.3) is 54.7 Å². The van der Waals surface area contributed by atoms with Crippen molar-refractivity contribution in [1.82, 2.24) is 40.4 Å². The minimum Gasteiger partial charge on any atom is -0.453 e. The Morgan fingerprint density at radius 2 is 1.40 bits per heavy atom. The Balaban J connectivity index is 0.914. The molecule has 2 aromatic heterocycles. The van der Waals surface area contributed by atoms with Gasteiger partial charge in [-0.3, -0.25) is 14.9 Å². The van der Waals surface area contributed by atoms with Crippen LogP contribution in [-0.2, 0) is 33.3 Å². The smallest absolute Gasteiger partial charge is 0.407 e. The zero-order chi connectivity index (χ0) is 44.9. The van der Waals surface area contributed by atoms with Gasteiger partial charge in [0.1, 0.15) is 17.7 Å². The zero-order valence-electron chi connectivity index (χ0n) is 37.6. The third-order valence-electron chi connectivity index (χ3n) is 14.0. The number of hydrogen-bond acceptors (Lipinski definition) is 11. The highest BCUT2D eigenvalue weighted by molar-refractivity contribution is 6.07. The van der Waals surface area contributed by atoms with E-state index >= 15 is 0 Å². The van der Waals surface area contributed by atoms with E-state index in [1.165, 1.54) is 7.11 Å². The fourth-order valence-electron chi connectivity index (χ4n) is 10.5. The Bertz CT molecular complexity index is 2740. The van der Waals surface area contributed by atoms with Crippen LogP contribution in [0.15, 0.2) is 60.7 Å². The molecule has 0 saturated carbocycles. The lowest BCUT2D eigenvalue weighted by Crippen LogP contribution is -2.56. The largest absolute Gasteiger partial charge is 0.453 e. The van der Waals surface area contributed by atoms with Crippen LogP contribution < -0.4 is 10.6 Å². The number of fused-ring (bicyclic) bond motifs is 6. The van der Waals surface area contributed by atoms with Crippen LogP contribution in [0.3, 0.4) is 0 Å². The summed E-state index contributed by atoms with van der Waals surface area (Å²) in [7, 11) is 2.99. The van der Waals surface area contributed by atoms with Gasteiger partial charge in [-0.2, -0.15) is 0 Å². The van der Waals surface area contributed by atoms with Crippen molar-refractivity contribution in [2.75, 3.05) is 53.9 Å². The molecule has 4 aromatic carbocycles. The molecule has 0 spiro atoms. The molecule has 0 bridgehead atoms. The van der Waals surface area contributed by atoms with Gasteiger partial charge in [0.25, 0.3) is 0 Å². The molecule has 16 nitrogen and oxygen atoms in total. The van der Waals surface area contributed by atoms with Crippen molar-refractivity contribution in [3.8, 4) is 11.1 Å². The van der Waals surface area contributed by atoms with Gasteiger partial charge >= 0.3 is 6.09 Å². The Hall–Kier alpha value is -5.65. The van der Waals surface area contributed by atoms with Gasteiger partial charge in [-0.25, -0.2) is 14.8 Å². The van der Waals surface area contributed by atoms with E-state index in [2.05, 4.69) is 88.2 Å². The molecule has 6 aromatic rings. The second kappa shape index (κ2) is 18.0. The summed E-state index contributed by atoms with van der Waals surface area (Å²) in [4.78, 5) is 62.3. The van der Waals surface area contributed by atoms with Crippen LogP contribution in [0.4, 0.5) is 4.79 Å². The first-order valence-electron chi connectivity index (χ1n) is 22.9. The summed E-state index contributed by atoms with van der Waals surface area (Å²) in [5.41, 5.74) is 5.70. The third-order valence-corrected chi connectivity index (χ3v) is 14.0. The predicted molar refractivity (Wildman–Crippen MR) is 244 cm³/mol. The van der Waals surface area contributed by atoms with Crippen molar-refractivity contribution >= 4 is 61.5 Å². The number of carbonyl (C=O) groups is 3. The number of carbonyl (C=O) groups excluding carboxylic acids is 3. The number of alkyl carbamates (subject to hydrolysis) is 1. The van der Waals surface area contributed by atoms with Gasteiger partial charge in [0.15, 0.2) is 6.79 Å². The van der Waals surface area contributed by atoms with E-state index in [0.29, 0.717) is 63.9 Å². The molecule has 0 radical (unpaired) electrons. The highest BCUT2D eigenvalue weighted by Crippen LogP contribution is 2.40. The second-order valence-corrected chi connectivity index (χ2v) is 18.7. The Morgan fingerprint density at radius 3 is 1.95 bits per heavy atom. The maximum atomic E-state index is 14.5. The highest BCUT2D eigenvalue weighted by Gasteiger charge is 2.44. The van der Waals surface area contributed by atoms with Gasteiger partial charge in [-0.05, 0) is 89.6 Å². The first-order chi connectivity index (χ1) is 31.6. The standard InChI is InChI=1S/C49H58N8O8/c1-26(2)40(55-49-64-25-65-49)46(58)56-22-27(3)18-38(56)44-50-36-12-8-32-20-30(6-10-34(32)42(36)52-44)31-7-11-35-33(21-31)9-13-37-43(35)53-45(51-37)39-19-28(24-61-4)23-57(39)47(59)41(54-48(60)62-5)29-14-16-63-17-15-29/h6-13,20-21,26-29,38-41,49,55H,14-19,22-25H2,1-5H3,(H,50,52)(H,51,53)(H,54,60)/t27-,28-,38-,39-,40-,41-/m0/s1. The highest BCUT2D eigenvalue weighted by atomic mass is 16.9. The summed E-state index contributed by atoms with van der Waals surface area (Å²) in [5.74, 6) is 1.80. The molecule has 0 unspecified atom stereocenters. The van der Waals surface area contributed by atoms with E-state index in [1.54, 1.807) is 7.11 Å². The average molecular weight is 887 g/mol. The molecule has 6 heterocycles. The number of H-pyrrole nitrogens is 2. The first-order valence-corrected chi connectivity index (χ1v) is 22.9. The maximum Gasteiger partial charge on any atom is 0.407 e. The molecule has 16 heteroatoms. The minimum atomic E-state index is -0.741. The molecule has 4 saturated heterocycles. The Labute approximate surface area is 377 Å². The van der Waals surface area contributed by atoms with E-state index in [9.17, 15) is 14.4 Å². The monoisotopic (exact) mass is 886 g/mol. The molecule has 10 rings (SSSR count). The van der Waals surface area contributed by atoms with Crippen molar-refractivity contribution in [3.05, 3.63) is 72.3 Å². The number of rotatable bonds is 12. The Morgan fingerprint density at radius 1 is 0.800 bits per heavy atom. The summed E-state index contributed by atoms with van der Waals surface area (Å²) in [6, 6.07) is 19.6. The average Bonchev–Trinajstić information content (AvgIpc) is 4.12. The number of amides is 3. The van der Waals surface area contributed by atoms with Crippen molar-refractivity contribution in [2.24, 2.45) is 23.7 Å². The van der Waals surface area contributed by atoms with Crippen LogP contribution in [0, 0.1) is 23.7 Å². The van der Waals surface area contributed by atoms with Crippen molar-refractivity contribution in [2.45, 2.75) is 77.0 Å². The lowest BCUT2D eigenvalue weighted by Gasteiger charge is -2.35. The summed E-state index contributed by atoms with van der Waals surface area (Å²) in [6.45, 7) is 9.21. The molecular formula is C49H58N8O8. The van der Waals surface area contributed by atoms with Crippen LogP contribution in [-0.4, -0.2) is 120 Å². The second-order valence-electron chi connectivity index (χ2n) is 18.7. The number of aromatic amines is 2. The molecule has 4 N–H and O–H groups in total. The number of nitrogens with zero attached hydrogens (tertiary/aromatic N) is 4. The van der Waals surface area contributed by atoms with Gasteiger partial charge in [0.05, 0.1) is 53.9 Å². The van der Waals surface area contributed by atoms with Crippen LogP contribution >= 0.6 is 0 Å².